The maximum absolute atomic E-state index is 8.97. The second-order valence-electron chi connectivity index (χ2n) is 4.19. The Hall–Kier alpha value is -0.870. The molecule has 1 aromatic heterocycles. The Morgan fingerprint density at radius 3 is 2.60 bits per heavy atom. The molecule has 4 heteroatoms. The molecule has 0 spiro atoms. The van der Waals surface area contributed by atoms with Crippen molar-refractivity contribution >= 4 is 0 Å². The van der Waals surface area contributed by atoms with Gasteiger partial charge in [0.25, 0.3) is 0 Å². The van der Waals surface area contributed by atoms with Crippen LogP contribution in [-0.4, -0.2) is 39.0 Å². The topological polar surface area (TPSA) is 41.3 Å². The summed E-state index contributed by atoms with van der Waals surface area (Å²) in [4.78, 5) is 2.23. The molecule has 0 saturated heterocycles. The van der Waals surface area contributed by atoms with Crippen LogP contribution >= 0.6 is 0 Å². The van der Waals surface area contributed by atoms with Gasteiger partial charge in [-0.1, -0.05) is 0 Å². The third-order valence-corrected chi connectivity index (χ3v) is 2.58. The molecule has 4 nitrogen and oxygen atoms in total. The Morgan fingerprint density at radius 1 is 1.53 bits per heavy atom. The van der Waals surface area contributed by atoms with E-state index in [1.807, 2.05) is 18.7 Å². The van der Waals surface area contributed by atoms with E-state index in [9.17, 15) is 0 Å². The highest BCUT2D eigenvalue weighted by molar-refractivity contribution is 5.08. The molecule has 1 heterocycles. The Kier molecular flexibility index (Phi) is 4.29. The highest BCUT2D eigenvalue weighted by atomic mass is 16.3. The molecular formula is C11H21N3O. The van der Waals surface area contributed by atoms with Crippen molar-refractivity contribution in [3.8, 4) is 0 Å². The second kappa shape index (κ2) is 5.28. The highest BCUT2D eigenvalue weighted by Gasteiger charge is 2.11. The zero-order chi connectivity index (χ0) is 11.4. The molecule has 0 amide bonds. The molecule has 0 fully saturated rings. The molecule has 15 heavy (non-hydrogen) atoms. The summed E-state index contributed by atoms with van der Waals surface area (Å²) >= 11 is 0. The van der Waals surface area contributed by atoms with E-state index in [-0.39, 0.29) is 6.61 Å². The van der Waals surface area contributed by atoms with E-state index < -0.39 is 0 Å². The quantitative estimate of drug-likeness (QED) is 0.788. The number of aryl methyl sites for hydroxylation is 2. The molecule has 0 aliphatic carbocycles. The average molecular weight is 211 g/mol. The van der Waals surface area contributed by atoms with Gasteiger partial charge in [-0.3, -0.25) is 9.58 Å². The third-order valence-electron chi connectivity index (χ3n) is 2.58. The van der Waals surface area contributed by atoms with Crippen LogP contribution < -0.4 is 0 Å². The van der Waals surface area contributed by atoms with E-state index >= 15 is 0 Å². The van der Waals surface area contributed by atoms with Crippen LogP contribution in [0.5, 0.6) is 0 Å². The van der Waals surface area contributed by atoms with Gasteiger partial charge in [0, 0.05) is 26.2 Å². The smallest absolute Gasteiger partial charge is 0.0597 e. The molecule has 0 aromatic carbocycles. The van der Waals surface area contributed by atoms with Crippen molar-refractivity contribution in [3.63, 3.8) is 0 Å². The van der Waals surface area contributed by atoms with E-state index in [2.05, 4.69) is 29.9 Å². The fourth-order valence-electron chi connectivity index (χ4n) is 1.67. The van der Waals surface area contributed by atoms with Crippen LogP contribution in [0.25, 0.3) is 0 Å². The normalized spacial score (nSPS) is 11.7. The number of nitrogens with zero attached hydrogens (tertiary/aromatic N) is 3. The van der Waals surface area contributed by atoms with E-state index in [1.165, 1.54) is 5.69 Å². The number of aliphatic hydroxyl groups excluding tert-OH is 1. The van der Waals surface area contributed by atoms with Gasteiger partial charge in [0.1, 0.15) is 0 Å². The summed E-state index contributed by atoms with van der Waals surface area (Å²) in [6, 6.07) is 2.53. The Balaban J connectivity index is 2.69. The molecule has 1 N–H and O–H groups in total. The van der Waals surface area contributed by atoms with Gasteiger partial charge < -0.3 is 5.11 Å². The SMILES string of the molecule is Cc1cc(CN(CCO)C(C)C)n(C)n1. The van der Waals surface area contributed by atoms with E-state index in [4.69, 9.17) is 5.11 Å². The van der Waals surface area contributed by atoms with Gasteiger partial charge in [0.05, 0.1) is 18.0 Å². The van der Waals surface area contributed by atoms with Crippen LogP contribution in [0.1, 0.15) is 25.2 Å². The first-order valence-electron chi connectivity index (χ1n) is 5.39. The summed E-state index contributed by atoms with van der Waals surface area (Å²) in [6.07, 6.45) is 0. The van der Waals surface area contributed by atoms with Gasteiger partial charge in [-0.2, -0.15) is 5.10 Å². The number of aromatic nitrogens is 2. The lowest BCUT2D eigenvalue weighted by molar-refractivity contribution is 0.156. The van der Waals surface area contributed by atoms with Gasteiger partial charge in [-0.25, -0.2) is 0 Å². The Labute approximate surface area is 91.5 Å². The molecule has 0 aliphatic rings. The fourth-order valence-corrected chi connectivity index (χ4v) is 1.67. The molecule has 0 radical (unpaired) electrons. The second-order valence-corrected chi connectivity index (χ2v) is 4.19. The van der Waals surface area contributed by atoms with Crippen LogP contribution in [0.2, 0.25) is 0 Å². The summed E-state index contributed by atoms with van der Waals surface area (Å²) in [5.74, 6) is 0. The zero-order valence-corrected chi connectivity index (χ0v) is 10.1. The van der Waals surface area contributed by atoms with Crippen molar-refractivity contribution < 1.29 is 5.11 Å². The summed E-state index contributed by atoms with van der Waals surface area (Å²) in [7, 11) is 1.96. The minimum absolute atomic E-state index is 0.203. The van der Waals surface area contributed by atoms with Crippen LogP contribution in [-0.2, 0) is 13.6 Å². The molecular weight excluding hydrogens is 190 g/mol. The molecule has 0 atom stereocenters. The zero-order valence-electron chi connectivity index (χ0n) is 10.1. The molecule has 1 rings (SSSR count). The van der Waals surface area contributed by atoms with Crippen LogP contribution in [0, 0.1) is 6.92 Å². The molecule has 86 valence electrons. The van der Waals surface area contributed by atoms with Crippen molar-refractivity contribution in [2.45, 2.75) is 33.4 Å². The first kappa shape index (κ1) is 12.2. The predicted octanol–water partition coefficient (Wildman–Crippen LogP) is 0.931. The summed E-state index contributed by atoms with van der Waals surface area (Å²) in [6.45, 7) is 8.03. The molecule has 0 aliphatic heterocycles. The summed E-state index contributed by atoms with van der Waals surface area (Å²) in [5, 5.41) is 13.3. The number of aliphatic hydroxyl groups is 1. The van der Waals surface area contributed by atoms with Crippen LogP contribution in [0.3, 0.4) is 0 Å². The van der Waals surface area contributed by atoms with E-state index in [0.717, 1.165) is 12.2 Å². The Bertz CT molecular complexity index is 307. The first-order valence-corrected chi connectivity index (χ1v) is 5.39. The van der Waals surface area contributed by atoms with Gasteiger partial charge in [-0.15, -0.1) is 0 Å². The van der Waals surface area contributed by atoms with Crippen molar-refractivity contribution in [3.05, 3.63) is 17.5 Å². The van der Waals surface area contributed by atoms with Gasteiger partial charge >= 0.3 is 0 Å². The summed E-state index contributed by atoms with van der Waals surface area (Å²) in [5.41, 5.74) is 2.23. The average Bonchev–Trinajstić information content (AvgIpc) is 2.44. The molecule has 0 bridgehead atoms. The first-order chi connectivity index (χ1) is 7.04. The predicted molar refractivity (Wildman–Crippen MR) is 60.6 cm³/mol. The van der Waals surface area contributed by atoms with E-state index in [1.54, 1.807) is 0 Å². The van der Waals surface area contributed by atoms with Crippen molar-refractivity contribution in [1.82, 2.24) is 14.7 Å². The van der Waals surface area contributed by atoms with Gasteiger partial charge in [-0.05, 0) is 26.8 Å². The minimum Gasteiger partial charge on any atom is -0.395 e. The Morgan fingerprint density at radius 2 is 2.20 bits per heavy atom. The largest absolute Gasteiger partial charge is 0.395 e. The number of hydrogen-bond acceptors (Lipinski definition) is 3. The van der Waals surface area contributed by atoms with Crippen molar-refractivity contribution in [2.75, 3.05) is 13.2 Å². The number of rotatable bonds is 5. The summed E-state index contributed by atoms with van der Waals surface area (Å²) < 4.78 is 1.90. The van der Waals surface area contributed by atoms with Crippen molar-refractivity contribution in [1.29, 1.82) is 0 Å². The molecule has 1 aromatic rings. The minimum atomic E-state index is 0.203. The standard InChI is InChI=1S/C11H21N3O/c1-9(2)14(5-6-15)8-11-7-10(3)12-13(11)4/h7,9,15H,5-6,8H2,1-4H3. The van der Waals surface area contributed by atoms with Crippen LogP contribution in [0.15, 0.2) is 6.07 Å². The van der Waals surface area contributed by atoms with E-state index in [0.29, 0.717) is 12.6 Å². The lowest BCUT2D eigenvalue weighted by Gasteiger charge is -2.25. The van der Waals surface area contributed by atoms with Gasteiger partial charge in [0.2, 0.25) is 0 Å². The van der Waals surface area contributed by atoms with Gasteiger partial charge in [0.15, 0.2) is 0 Å². The molecule has 0 unspecified atom stereocenters. The third kappa shape index (κ3) is 3.32. The lowest BCUT2D eigenvalue weighted by atomic mass is 10.2. The number of hydrogen-bond donors (Lipinski definition) is 1. The maximum Gasteiger partial charge on any atom is 0.0597 e. The molecule has 0 saturated carbocycles. The highest BCUT2D eigenvalue weighted by Crippen LogP contribution is 2.08. The van der Waals surface area contributed by atoms with Crippen LogP contribution in [0.4, 0.5) is 0 Å². The lowest BCUT2D eigenvalue weighted by Crippen LogP contribution is -2.33. The van der Waals surface area contributed by atoms with Crippen molar-refractivity contribution in [2.24, 2.45) is 7.05 Å². The maximum atomic E-state index is 8.97. The fraction of sp³-hybridized carbons (Fsp3) is 0.727. The monoisotopic (exact) mass is 211 g/mol.